The molecule has 4 rings (SSSR count). The summed E-state index contributed by atoms with van der Waals surface area (Å²) in [4.78, 5) is 29.3. The predicted molar refractivity (Wildman–Crippen MR) is 127 cm³/mol. The minimum atomic E-state index is -1.25. The molecule has 3 aromatic rings. The monoisotopic (exact) mass is 505 g/mol. The van der Waals surface area contributed by atoms with E-state index in [1.165, 1.54) is 23.9 Å². The van der Waals surface area contributed by atoms with E-state index in [0.29, 0.717) is 31.6 Å². The number of benzene rings is 1. The Labute approximate surface area is 203 Å². The van der Waals surface area contributed by atoms with E-state index in [0.717, 1.165) is 23.5 Å². The number of carbonyl (C=O) groups excluding carboxylic acids is 2. The van der Waals surface area contributed by atoms with Crippen LogP contribution in [0.25, 0.3) is 10.6 Å². The third kappa shape index (κ3) is 4.61. The SMILES string of the molecule is CC(=O)O[C@@]1(c2c(NC(=O)c3nc(-c4c(F)cccc4F)sc3N)cnn2C)CCNCC[C@H]1N. The minimum Gasteiger partial charge on any atom is -0.451 e. The molecule has 1 aromatic carbocycles. The number of hydrogen-bond donors (Lipinski definition) is 4. The molecule has 0 saturated carbocycles. The Hall–Kier alpha value is -3.42. The molecule has 10 nitrogen and oxygen atoms in total. The maximum absolute atomic E-state index is 14.2. The third-order valence-electron chi connectivity index (χ3n) is 5.86. The summed E-state index contributed by atoms with van der Waals surface area (Å²) >= 11 is 0.790. The fraction of sp³-hybridized carbons (Fsp3) is 0.364. The number of esters is 1. The van der Waals surface area contributed by atoms with Crippen LogP contribution in [0.3, 0.4) is 0 Å². The first kappa shape index (κ1) is 24.7. The second-order valence-corrected chi connectivity index (χ2v) is 9.22. The highest BCUT2D eigenvalue weighted by molar-refractivity contribution is 7.19. The number of anilines is 2. The molecule has 0 unspecified atom stereocenters. The fourth-order valence-corrected chi connectivity index (χ4v) is 5.19. The van der Waals surface area contributed by atoms with Gasteiger partial charge in [0.15, 0.2) is 11.3 Å². The molecule has 13 heteroatoms. The second-order valence-electron chi connectivity index (χ2n) is 8.19. The second kappa shape index (κ2) is 9.68. The van der Waals surface area contributed by atoms with Gasteiger partial charge in [-0.15, -0.1) is 0 Å². The zero-order chi connectivity index (χ0) is 25.3. The number of nitrogen functional groups attached to an aromatic ring is 1. The number of halogens is 2. The van der Waals surface area contributed by atoms with Crippen molar-refractivity contribution in [1.29, 1.82) is 0 Å². The van der Waals surface area contributed by atoms with Gasteiger partial charge in [0.25, 0.3) is 5.91 Å². The van der Waals surface area contributed by atoms with E-state index < -0.39 is 35.2 Å². The number of aryl methyl sites for hydroxylation is 1. The largest absolute Gasteiger partial charge is 0.451 e. The number of ether oxygens (including phenoxy) is 1. The molecule has 1 fully saturated rings. The molecule has 0 spiro atoms. The minimum absolute atomic E-state index is 0.0179. The standard InChI is InChI=1S/C22H25F2N7O3S/c1-11(32)34-22(7-9-27-8-6-15(22)25)18-14(10-28-31(18)2)29-20(33)17-19(26)35-21(30-17)16-12(23)4-3-5-13(16)24/h3-5,10,15,27H,6-9,25-26H2,1-2H3,(H,29,33)/t15-,22+/m1/s1. The summed E-state index contributed by atoms with van der Waals surface area (Å²) in [7, 11) is 1.65. The Morgan fingerprint density at radius 3 is 2.71 bits per heavy atom. The van der Waals surface area contributed by atoms with E-state index in [9.17, 15) is 18.4 Å². The molecule has 3 heterocycles. The molecule has 2 aromatic heterocycles. The Morgan fingerprint density at radius 2 is 2.03 bits per heavy atom. The summed E-state index contributed by atoms with van der Waals surface area (Å²) < 4.78 is 35.7. The number of amides is 1. The van der Waals surface area contributed by atoms with Crippen molar-refractivity contribution in [2.75, 3.05) is 24.1 Å². The van der Waals surface area contributed by atoms with Crippen LogP contribution in [0.4, 0.5) is 19.5 Å². The van der Waals surface area contributed by atoms with Gasteiger partial charge < -0.3 is 26.8 Å². The van der Waals surface area contributed by atoms with Crippen LogP contribution in [-0.4, -0.2) is 45.8 Å². The van der Waals surface area contributed by atoms with E-state index in [-0.39, 0.29) is 27.0 Å². The molecule has 0 radical (unpaired) electrons. The van der Waals surface area contributed by atoms with Crippen molar-refractivity contribution in [2.24, 2.45) is 12.8 Å². The Balaban J connectivity index is 1.71. The highest BCUT2D eigenvalue weighted by Crippen LogP contribution is 2.40. The summed E-state index contributed by atoms with van der Waals surface area (Å²) in [6.45, 7) is 2.45. The van der Waals surface area contributed by atoms with E-state index >= 15 is 0 Å². The Kier molecular flexibility index (Phi) is 6.83. The summed E-state index contributed by atoms with van der Waals surface area (Å²) in [5, 5.41) is 10.1. The van der Waals surface area contributed by atoms with Crippen molar-refractivity contribution < 1.29 is 23.1 Å². The van der Waals surface area contributed by atoms with Gasteiger partial charge >= 0.3 is 5.97 Å². The number of nitrogens with one attached hydrogen (secondary N) is 2. The number of aromatic nitrogens is 3. The van der Waals surface area contributed by atoms with Crippen LogP contribution in [0.1, 0.15) is 35.9 Å². The summed E-state index contributed by atoms with van der Waals surface area (Å²) in [5.41, 5.74) is 11.3. The number of nitrogens with two attached hydrogens (primary N) is 2. The van der Waals surface area contributed by atoms with Gasteiger partial charge in [0.1, 0.15) is 27.3 Å². The first-order valence-corrected chi connectivity index (χ1v) is 11.7. The van der Waals surface area contributed by atoms with E-state index in [1.807, 2.05) is 0 Å². The highest BCUT2D eigenvalue weighted by Gasteiger charge is 2.47. The highest BCUT2D eigenvalue weighted by atomic mass is 32.1. The van der Waals surface area contributed by atoms with Gasteiger partial charge in [0, 0.05) is 20.4 Å². The van der Waals surface area contributed by atoms with E-state index in [1.54, 1.807) is 7.05 Å². The topological polar surface area (TPSA) is 150 Å². The molecule has 1 aliphatic rings. The van der Waals surface area contributed by atoms with Crippen molar-refractivity contribution in [3.05, 3.63) is 47.4 Å². The number of rotatable bonds is 5. The van der Waals surface area contributed by atoms with Crippen LogP contribution >= 0.6 is 11.3 Å². The number of nitrogens with zero attached hydrogens (tertiary/aromatic N) is 3. The number of hydrogen-bond acceptors (Lipinski definition) is 9. The van der Waals surface area contributed by atoms with Gasteiger partial charge in [0.2, 0.25) is 0 Å². The van der Waals surface area contributed by atoms with Crippen molar-refractivity contribution in [3.8, 4) is 10.6 Å². The Morgan fingerprint density at radius 1 is 1.31 bits per heavy atom. The zero-order valence-electron chi connectivity index (χ0n) is 19.1. The quantitative estimate of drug-likeness (QED) is 0.385. The van der Waals surface area contributed by atoms with E-state index in [4.69, 9.17) is 16.2 Å². The van der Waals surface area contributed by atoms with Crippen molar-refractivity contribution in [2.45, 2.75) is 31.4 Å². The maximum atomic E-state index is 14.2. The van der Waals surface area contributed by atoms with E-state index in [2.05, 4.69) is 20.7 Å². The van der Waals surface area contributed by atoms with Crippen molar-refractivity contribution >= 4 is 33.9 Å². The first-order valence-electron chi connectivity index (χ1n) is 10.8. The molecule has 35 heavy (non-hydrogen) atoms. The number of thiazole rings is 1. The maximum Gasteiger partial charge on any atom is 0.303 e. The lowest BCUT2D eigenvalue weighted by molar-refractivity contribution is -0.162. The lowest BCUT2D eigenvalue weighted by Gasteiger charge is -2.37. The fourth-order valence-electron chi connectivity index (χ4n) is 4.32. The molecule has 2 atom stereocenters. The molecule has 1 saturated heterocycles. The van der Waals surface area contributed by atoms with Gasteiger partial charge in [-0.25, -0.2) is 13.8 Å². The molecule has 1 aliphatic heterocycles. The average Bonchev–Trinajstić information content (AvgIpc) is 3.28. The summed E-state index contributed by atoms with van der Waals surface area (Å²) in [6.07, 6.45) is 2.28. The molecule has 6 N–H and O–H groups in total. The van der Waals surface area contributed by atoms with Crippen molar-refractivity contribution in [1.82, 2.24) is 20.1 Å². The van der Waals surface area contributed by atoms with Gasteiger partial charge in [-0.1, -0.05) is 17.4 Å². The molecular weight excluding hydrogens is 480 g/mol. The van der Waals surface area contributed by atoms with Gasteiger partial charge in [-0.3, -0.25) is 14.3 Å². The van der Waals surface area contributed by atoms with Crippen LogP contribution in [0.15, 0.2) is 24.4 Å². The van der Waals surface area contributed by atoms with Crippen LogP contribution < -0.4 is 22.1 Å². The van der Waals surface area contributed by atoms with Crippen LogP contribution in [0.2, 0.25) is 0 Å². The molecule has 0 aliphatic carbocycles. The normalized spacial score (nSPS) is 20.3. The third-order valence-corrected chi connectivity index (χ3v) is 6.77. The average molecular weight is 506 g/mol. The van der Waals surface area contributed by atoms with Gasteiger partial charge in [-0.05, 0) is 31.6 Å². The van der Waals surface area contributed by atoms with Crippen LogP contribution in [-0.2, 0) is 22.2 Å². The van der Waals surface area contributed by atoms with Crippen molar-refractivity contribution in [3.63, 3.8) is 0 Å². The first-order chi connectivity index (χ1) is 16.6. The summed E-state index contributed by atoms with van der Waals surface area (Å²) in [5.74, 6) is -2.88. The van der Waals surface area contributed by atoms with Crippen LogP contribution in [0, 0.1) is 11.6 Å². The molecule has 186 valence electrons. The predicted octanol–water partition coefficient (Wildman–Crippen LogP) is 2.13. The van der Waals surface area contributed by atoms with Crippen LogP contribution in [0.5, 0.6) is 0 Å². The lowest BCUT2D eigenvalue weighted by Crippen LogP contribution is -2.50. The number of carbonyl (C=O) groups is 2. The lowest BCUT2D eigenvalue weighted by atomic mass is 9.85. The molecule has 1 amide bonds. The summed E-state index contributed by atoms with van der Waals surface area (Å²) in [6, 6.07) is 2.84. The van der Waals surface area contributed by atoms with Gasteiger partial charge in [-0.2, -0.15) is 5.10 Å². The Bertz CT molecular complexity index is 1260. The molecule has 0 bridgehead atoms. The smallest absolute Gasteiger partial charge is 0.303 e. The molecular formula is C22H25F2N7O3S. The zero-order valence-corrected chi connectivity index (χ0v) is 19.9. The van der Waals surface area contributed by atoms with Gasteiger partial charge in [0.05, 0.1) is 23.5 Å².